The Hall–Kier alpha value is -2.07. The minimum Gasteiger partial charge on any atom is -0.494 e. The summed E-state index contributed by atoms with van der Waals surface area (Å²) < 4.78 is 5.76. The highest BCUT2D eigenvalue weighted by Crippen LogP contribution is 2.22. The highest BCUT2D eigenvalue weighted by Gasteiger charge is 2.23. The van der Waals surface area contributed by atoms with Gasteiger partial charge in [0.05, 0.1) is 12.2 Å². The van der Waals surface area contributed by atoms with E-state index in [1.165, 1.54) is 0 Å². The van der Waals surface area contributed by atoms with Crippen LogP contribution in [0.5, 0.6) is 5.75 Å². The largest absolute Gasteiger partial charge is 0.494 e. The number of ether oxygens (including phenoxy) is 1. The van der Waals surface area contributed by atoms with Crippen molar-refractivity contribution in [3.05, 3.63) is 59.4 Å². The first-order chi connectivity index (χ1) is 11.7. The number of amides is 1. The number of nitrogens with zero attached hydrogens (tertiary/aromatic N) is 2. The number of aromatic nitrogens is 1. The minimum absolute atomic E-state index is 0.0400. The van der Waals surface area contributed by atoms with Gasteiger partial charge in [-0.15, -0.1) is 0 Å². The SMILES string of the molecule is O=C(c1ccc(Cl)nc1)N1CCC(CCOc2ccccc2)CC1. The number of rotatable bonds is 5. The van der Waals surface area contributed by atoms with Crippen molar-refractivity contribution < 1.29 is 9.53 Å². The van der Waals surface area contributed by atoms with Crippen molar-refractivity contribution in [1.82, 2.24) is 9.88 Å². The van der Waals surface area contributed by atoms with E-state index in [0.717, 1.165) is 44.7 Å². The molecular weight excluding hydrogens is 324 g/mol. The van der Waals surface area contributed by atoms with Crippen molar-refractivity contribution in [3.63, 3.8) is 0 Å². The lowest BCUT2D eigenvalue weighted by atomic mass is 9.93. The van der Waals surface area contributed by atoms with Gasteiger partial charge in [0.25, 0.3) is 5.91 Å². The van der Waals surface area contributed by atoms with Gasteiger partial charge in [0, 0.05) is 19.3 Å². The van der Waals surface area contributed by atoms with Gasteiger partial charge >= 0.3 is 0 Å². The van der Waals surface area contributed by atoms with Gasteiger partial charge in [0.1, 0.15) is 10.9 Å². The lowest BCUT2D eigenvalue weighted by Gasteiger charge is -2.32. The molecule has 2 aromatic rings. The van der Waals surface area contributed by atoms with Crippen LogP contribution in [0.1, 0.15) is 29.6 Å². The van der Waals surface area contributed by atoms with Crippen LogP contribution in [0.3, 0.4) is 0 Å². The zero-order chi connectivity index (χ0) is 16.8. The summed E-state index contributed by atoms with van der Waals surface area (Å²) in [5.41, 5.74) is 0.602. The van der Waals surface area contributed by atoms with E-state index in [-0.39, 0.29) is 5.91 Å². The number of benzene rings is 1. The van der Waals surface area contributed by atoms with Crippen LogP contribution in [0.15, 0.2) is 48.7 Å². The molecule has 1 saturated heterocycles. The van der Waals surface area contributed by atoms with E-state index in [9.17, 15) is 4.79 Å². The summed E-state index contributed by atoms with van der Waals surface area (Å²) in [5.74, 6) is 1.57. The Morgan fingerprint density at radius 3 is 2.58 bits per heavy atom. The van der Waals surface area contributed by atoms with E-state index in [4.69, 9.17) is 16.3 Å². The summed E-state index contributed by atoms with van der Waals surface area (Å²) in [6.07, 6.45) is 4.61. The first kappa shape index (κ1) is 16.8. The summed E-state index contributed by atoms with van der Waals surface area (Å²) in [5, 5.41) is 0.406. The van der Waals surface area contributed by atoms with E-state index in [2.05, 4.69) is 4.98 Å². The molecule has 2 heterocycles. The molecule has 24 heavy (non-hydrogen) atoms. The molecule has 1 aliphatic rings. The summed E-state index contributed by atoms with van der Waals surface area (Å²) >= 11 is 5.77. The predicted molar refractivity (Wildman–Crippen MR) is 94.4 cm³/mol. The molecule has 0 atom stereocenters. The van der Waals surface area contributed by atoms with E-state index in [1.54, 1.807) is 18.3 Å². The topological polar surface area (TPSA) is 42.4 Å². The molecule has 5 heteroatoms. The van der Waals surface area contributed by atoms with Gasteiger partial charge in [-0.3, -0.25) is 4.79 Å². The number of para-hydroxylation sites is 1. The molecule has 0 N–H and O–H groups in total. The molecule has 1 aromatic carbocycles. The Bertz CT molecular complexity index is 653. The van der Waals surface area contributed by atoms with Gasteiger partial charge in [-0.1, -0.05) is 29.8 Å². The molecular formula is C19H21ClN2O2. The Morgan fingerprint density at radius 1 is 1.17 bits per heavy atom. The van der Waals surface area contributed by atoms with Crippen molar-refractivity contribution >= 4 is 17.5 Å². The molecule has 0 spiro atoms. The minimum atomic E-state index is 0.0400. The highest BCUT2D eigenvalue weighted by atomic mass is 35.5. The number of halogens is 1. The van der Waals surface area contributed by atoms with Crippen molar-refractivity contribution in [2.24, 2.45) is 5.92 Å². The van der Waals surface area contributed by atoms with Gasteiger partial charge in [0.2, 0.25) is 0 Å². The number of piperidine rings is 1. The van der Waals surface area contributed by atoms with Gasteiger partial charge in [-0.25, -0.2) is 4.98 Å². The van der Waals surface area contributed by atoms with Crippen LogP contribution in [-0.2, 0) is 0 Å². The average Bonchev–Trinajstić information content (AvgIpc) is 2.63. The summed E-state index contributed by atoms with van der Waals surface area (Å²) in [4.78, 5) is 18.3. The van der Waals surface area contributed by atoms with Crippen LogP contribution in [0.2, 0.25) is 5.15 Å². The molecule has 1 amide bonds. The first-order valence-electron chi connectivity index (χ1n) is 8.31. The highest BCUT2D eigenvalue weighted by molar-refractivity contribution is 6.29. The van der Waals surface area contributed by atoms with Crippen molar-refractivity contribution in [1.29, 1.82) is 0 Å². The van der Waals surface area contributed by atoms with Crippen molar-refractivity contribution in [3.8, 4) is 5.75 Å². The lowest BCUT2D eigenvalue weighted by molar-refractivity contribution is 0.0679. The first-order valence-corrected chi connectivity index (χ1v) is 8.69. The molecule has 126 valence electrons. The molecule has 1 fully saturated rings. The number of carbonyl (C=O) groups is 1. The molecule has 0 radical (unpaired) electrons. The number of pyridine rings is 1. The maximum atomic E-state index is 12.4. The van der Waals surface area contributed by atoms with E-state index in [0.29, 0.717) is 16.6 Å². The fraction of sp³-hybridized carbons (Fsp3) is 0.368. The maximum absolute atomic E-state index is 12.4. The van der Waals surface area contributed by atoms with E-state index >= 15 is 0 Å². The van der Waals surface area contributed by atoms with Gasteiger partial charge in [0.15, 0.2) is 0 Å². The second kappa shape index (κ2) is 8.15. The third kappa shape index (κ3) is 4.48. The van der Waals surface area contributed by atoms with Crippen molar-refractivity contribution in [2.75, 3.05) is 19.7 Å². The normalized spacial score (nSPS) is 15.3. The van der Waals surface area contributed by atoms with Crippen LogP contribution in [0.25, 0.3) is 0 Å². The molecule has 1 aromatic heterocycles. The van der Waals surface area contributed by atoms with E-state index in [1.807, 2.05) is 35.2 Å². The summed E-state index contributed by atoms with van der Waals surface area (Å²) in [6, 6.07) is 13.3. The average molecular weight is 345 g/mol. The number of likely N-dealkylation sites (tertiary alicyclic amines) is 1. The molecule has 1 aliphatic heterocycles. The second-order valence-corrected chi connectivity index (χ2v) is 6.44. The fourth-order valence-electron chi connectivity index (χ4n) is 2.97. The fourth-order valence-corrected chi connectivity index (χ4v) is 3.08. The van der Waals surface area contributed by atoms with Crippen LogP contribution in [0, 0.1) is 5.92 Å². The second-order valence-electron chi connectivity index (χ2n) is 6.06. The molecule has 0 aliphatic carbocycles. The maximum Gasteiger partial charge on any atom is 0.255 e. The summed E-state index contributed by atoms with van der Waals surface area (Å²) in [6.45, 7) is 2.30. The zero-order valence-electron chi connectivity index (χ0n) is 13.5. The summed E-state index contributed by atoms with van der Waals surface area (Å²) in [7, 11) is 0. The van der Waals surface area contributed by atoms with Crippen LogP contribution >= 0.6 is 11.6 Å². The molecule has 0 bridgehead atoms. The quantitative estimate of drug-likeness (QED) is 0.768. The Kier molecular flexibility index (Phi) is 5.70. The molecule has 3 rings (SSSR count). The Labute approximate surface area is 147 Å². The van der Waals surface area contributed by atoms with Crippen LogP contribution < -0.4 is 4.74 Å². The van der Waals surface area contributed by atoms with Crippen LogP contribution in [0.4, 0.5) is 0 Å². The van der Waals surface area contributed by atoms with Crippen molar-refractivity contribution in [2.45, 2.75) is 19.3 Å². The molecule has 0 unspecified atom stereocenters. The zero-order valence-corrected chi connectivity index (χ0v) is 14.3. The molecule has 4 nitrogen and oxygen atoms in total. The van der Waals surface area contributed by atoms with Gasteiger partial charge in [-0.2, -0.15) is 0 Å². The van der Waals surface area contributed by atoms with Gasteiger partial charge in [-0.05, 0) is 49.4 Å². The predicted octanol–water partition coefficient (Wildman–Crippen LogP) is 4.06. The smallest absolute Gasteiger partial charge is 0.255 e. The number of carbonyl (C=O) groups excluding carboxylic acids is 1. The lowest BCUT2D eigenvalue weighted by Crippen LogP contribution is -2.38. The van der Waals surface area contributed by atoms with Gasteiger partial charge < -0.3 is 9.64 Å². The number of hydrogen-bond acceptors (Lipinski definition) is 3. The monoisotopic (exact) mass is 344 g/mol. The Morgan fingerprint density at radius 2 is 1.92 bits per heavy atom. The third-order valence-electron chi connectivity index (χ3n) is 4.41. The number of hydrogen-bond donors (Lipinski definition) is 0. The molecule has 0 saturated carbocycles. The van der Waals surface area contributed by atoms with Crippen LogP contribution in [-0.4, -0.2) is 35.5 Å². The third-order valence-corrected chi connectivity index (χ3v) is 4.64. The standard InChI is InChI=1S/C19H21ClN2O2/c20-18-7-6-16(14-21-18)19(23)22-11-8-15(9-12-22)10-13-24-17-4-2-1-3-5-17/h1-7,14-15H,8-13H2. The Balaban J connectivity index is 1.42. The van der Waals surface area contributed by atoms with E-state index < -0.39 is 0 Å².